The smallest absolute Gasteiger partial charge is 0.0277 e. The first kappa shape index (κ1) is 39.5. The Labute approximate surface area is 326 Å². The molecule has 252 valence electrons. The van der Waals surface area contributed by atoms with Gasteiger partial charge < -0.3 is 29.7 Å². The van der Waals surface area contributed by atoms with E-state index in [0.717, 1.165) is 0 Å². The van der Waals surface area contributed by atoms with Crippen molar-refractivity contribution in [1.29, 1.82) is 0 Å². The third-order valence-corrected chi connectivity index (χ3v) is 8.73. The standard InChI is InChI=1S/C22H17.C21H20N.C2H6Si.2ClH.Zr/c1-16-12-20-14-19(17-8-4-2-5-9-17)15-22(21(20)13-16)18-10-6-3-7-11-18;1-14(2)17-12-18-11-15(3)22(21(18)13-17)20-10-6-8-16-7-4-5-9-19(16)20;1-3-2;;;/h2-15H,1H3;4-11,13-15H,1-3H3;1-2H3;2*1H;/q2*-1;;;;+2/p-2. The number of benzene rings is 5. The van der Waals surface area contributed by atoms with Gasteiger partial charge in [-0.05, 0) is 35.4 Å². The van der Waals surface area contributed by atoms with Crippen molar-refractivity contribution in [3.05, 3.63) is 168 Å². The van der Waals surface area contributed by atoms with Crippen LogP contribution in [0.1, 0.15) is 26.3 Å². The van der Waals surface area contributed by atoms with Crippen molar-refractivity contribution >= 4 is 32.7 Å². The SMILES string of the molecule is CC(C)C1=[C-]C2=CC(C)N(c3cccc4ccccc34)C2=C1.C[Si](C)=[Zr+2].Cc1cc2c(-c3ccccc3)cc(-c3ccccc3)cc2[cH-]1.[Cl-].[Cl-]. The van der Waals surface area contributed by atoms with E-state index in [9.17, 15) is 0 Å². The molecule has 0 spiro atoms. The molecule has 6 aromatic rings. The molecule has 1 unspecified atom stereocenters. The van der Waals surface area contributed by atoms with E-state index < -0.39 is 0 Å². The maximum atomic E-state index is 3.57. The Morgan fingerprint density at radius 3 is 2.00 bits per heavy atom. The molecule has 8 rings (SSSR count). The Kier molecular flexibility index (Phi) is 14.0. The van der Waals surface area contributed by atoms with Crippen molar-refractivity contribution in [1.82, 2.24) is 0 Å². The van der Waals surface area contributed by atoms with Crippen LogP contribution in [0, 0.1) is 18.9 Å². The van der Waals surface area contributed by atoms with Gasteiger partial charge in [-0.25, -0.2) is 0 Å². The molecule has 50 heavy (non-hydrogen) atoms. The molecule has 0 amide bonds. The molecular formula is C45H43Cl2NSiZr-2. The normalized spacial score (nSPS) is 14.3. The van der Waals surface area contributed by atoms with Crippen LogP contribution in [0.25, 0.3) is 43.8 Å². The van der Waals surface area contributed by atoms with Crippen LogP contribution < -0.4 is 29.7 Å². The van der Waals surface area contributed by atoms with Gasteiger partial charge in [-0.15, -0.1) is 57.8 Å². The molecule has 1 atom stereocenters. The minimum Gasteiger partial charge on any atom is -1.00 e. The Balaban J connectivity index is 0.000000196. The van der Waals surface area contributed by atoms with Gasteiger partial charge in [0.15, 0.2) is 0 Å². The second kappa shape index (κ2) is 17.7. The van der Waals surface area contributed by atoms with Gasteiger partial charge in [-0.1, -0.05) is 141 Å². The maximum Gasteiger partial charge on any atom is -0.0277 e. The van der Waals surface area contributed by atoms with Crippen LogP contribution in [0.3, 0.4) is 0 Å². The van der Waals surface area contributed by atoms with Crippen molar-refractivity contribution in [2.45, 2.75) is 46.8 Å². The van der Waals surface area contributed by atoms with Gasteiger partial charge in [0.25, 0.3) is 0 Å². The van der Waals surface area contributed by atoms with Crippen LogP contribution in [-0.2, 0) is 23.3 Å². The van der Waals surface area contributed by atoms with Crippen LogP contribution in [0.15, 0.2) is 156 Å². The number of fused-ring (bicyclic) bond motifs is 3. The van der Waals surface area contributed by atoms with E-state index in [2.05, 4.69) is 191 Å². The number of nitrogens with zero attached hydrogens (tertiary/aromatic N) is 1. The minimum absolute atomic E-state index is 0. The molecule has 0 aromatic heterocycles. The summed E-state index contributed by atoms with van der Waals surface area (Å²) in [5.41, 5.74) is 11.8. The summed E-state index contributed by atoms with van der Waals surface area (Å²) in [7, 11) is 0. The van der Waals surface area contributed by atoms with Crippen LogP contribution in [0.4, 0.5) is 5.69 Å². The summed E-state index contributed by atoms with van der Waals surface area (Å²) in [6.07, 6.45) is 8.20. The predicted molar refractivity (Wildman–Crippen MR) is 206 cm³/mol. The van der Waals surface area contributed by atoms with Gasteiger partial charge >= 0.3 is 41.9 Å². The van der Waals surface area contributed by atoms with Crippen molar-refractivity contribution in [2.24, 2.45) is 5.92 Å². The summed E-state index contributed by atoms with van der Waals surface area (Å²) in [5.74, 6) is 0.517. The fourth-order valence-electron chi connectivity index (χ4n) is 6.55. The van der Waals surface area contributed by atoms with E-state index in [1.807, 2.05) is 0 Å². The van der Waals surface area contributed by atoms with Crippen LogP contribution in [0.2, 0.25) is 13.1 Å². The zero-order valence-electron chi connectivity index (χ0n) is 29.6. The molecule has 0 saturated heterocycles. The molecule has 1 heterocycles. The Morgan fingerprint density at radius 1 is 0.740 bits per heavy atom. The third-order valence-electron chi connectivity index (χ3n) is 8.73. The number of rotatable bonds is 4. The quantitative estimate of drug-likeness (QED) is 0.151. The van der Waals surface area contributed by atoms with Crippen molar-refractivity contribution in [3.8, 4) is 22.3 Å². The number of hydrogen-bond acceptors (Lipinski definition) is 1. The van der Waals surface area contributed by atoms with Crippen LogP contribution in [-0.4, -0.2) is 11.5 Å². The Morgan fingerprint density at radius 2 is 1.34 bits per heavy atom. The van der Waals surface area contributed by atoms with E-state index in [4.69, 9.17) is 0 Å². The number of aryl methyl sites for hydroxylation is 1. The summed E-state index contributed by atoms with van der Waals surface area (Å²) in [5, 5.41) is 5.26. The van der Waals surface area contributed by atoms with E-state index in [0.29, 0.717) is 12.0 Å². The summed E-state index contributed by atoms with van der Waals surface area (Å²) in [6, 6.07) is 46.0. The first-order valence-electron chi connectivity index (χ1n) is 16.9. The summed E-state index contributed by atoms with van der Waals surface area (Å²) in [6.45, 7) is 13.5. The monoisotopic (exact) mass is 785 g/mol. The Hall–Kier alpha value is -3.33. The van der Waals surface area contributed by atoms with Gasteiger partial charge in [-0.2, -0.15) is 6.07 Å². The van der Waals surface area contributed by atoms with Crippen molar-refractivity contribution < 1.29 is 48.1 Å². The van der Waals surface area contributed by atoms with Gasteiger partial charge in [0, 0.05) is 17.1 Å². The number of hydrogen-bond donors (Lipinski definition) is 0. The van der Waals surface area contributed by atoms with E-state index in [-0.39, 0.29) is 30.2 Å². The molecule has 0 bridgehead atoms. The molecule has 2 aliphatic rings. The van der Waals surface area contributed by atoms with Crippen LogP contribution >= 0.6 is 0 Å². The fourth-order valence-corrected chi connectivity index (χ4v) is 6.55. The average Bonchev–Trinajstić information content (AvgIpc) is 3.76. The molecule has 1 nitrogen and oxygen atoms in total. The molecular weight excluding hydrogens is 745 g/mol. The topological polar surface area (TPSA) is 3.24 Å². The molecule has 0 radical (unpaired) electrons. The molecule has 0 N–H and O–H groups in total. The molecule has 0 saturated carbocycles. The predicted octanol–water partition coefficient (Wildman–Crippen LogP) is 6.25. The summed E-state index contributed by atoms with van der Waals surface area (Å²) in [4.78, 5) is 2.44. The van der Waals surface area contributed by atoms with Gasteiger partial charge in [-0.3, -0.25) is 0 Å². The molecule has 5 heteroatoms. The maximum absolute atomic E-state index is 3.57. The van der Waals surface area contributed by atoms with Crippen LogP contribution in [0.5, 0.6) is 0 Å². The van der Waals surface area contributed by atoms with Crippen molar-refractivity contribution in [3.63, 3.8) is 0 Å². The molecule has 6 aromatic carbocycles. The molecule has 1 aliphatic heterocycles. The van der Waals surface area contributed by atoms with E-state index in [1.54, 1.807) is 23.3 Å². The number of allylic oxidation sites excluding steroid dienone is 3. The second-order valence-corrected chi connectivity index (χ2v) is 22.6. The largest absolute Gasteiger partial charge is 1.00 e. The second-order valence-electron chi connectivity index (χ2n) is 13.2. The fraction of sp³-hybridized carbons (Fsp3) is 0.178. The van der Waals surface area contributed by atoms with Gasteiger partial charge in [0.05, 0.1) is 0 Å². The molecule has 0 fully saturated rings. The Bertz CT molecular complexity index is 2170. The first-order chi connectivity index (χ1) is 23.2. The molecule has 1 aliphatic carbocycles. The summed E-state index contributed by atoms with van der Waals surface area (Å²) >= 11 is 1.74. The third kappa shape index (κ3) is 8.93. The zero-order valence-corrected chi connectivity index (χ0v) is 34.6. The van der Waals surface area contributed by atoms with E-state index >= 15 is 0 Å². The number of anilines is 1. The number of halogens is 2. The summed E-state index contributed by atoms with van der Waals surface area (Å²) < 4.78 is 0. The minimum atomic E-state index is 0. The zero-order chi connectivity index (χ0) is 33.8. The first-order valence-corrected chi connectivity index (χ1v) is 23.1. The van der Waals surface area contributed by atoms with E-state index in [1.165, 1.54) is 71.9 Å². The average molecular weight is 788 g/mol. The van der Waals surface area contributed by atoms with Crippen molar-refractivity contribution in [2.75, 3.05) is 4.90 Å². The van der Waals surface area contributed by atoms with Gasteiger partial charge in [0.1, 0.15) is 0 Å². The van der Waals surface area contributed by atoms with Gasteiger partial charge in [0.2, 0.25) is 0 Å².